The predicted octanol–water partition coefficient (Wildman–Crippen LogP) is 4.03. The van der Waals surface area contributed by atoms with Crippen LogP contribution in [0.3, 0.4) is 0 Å². The lowest BCUT2D eigenvalue weighted by Gasteiger charge is -2.13. The molecule has 1 rings (SSSR count). The van der Waals surface area contributed by atoms with Crippen molar-refractivity contribution in [3.8, 4) is 5.75 Å². The van der Waals surface area contributed by atoms with Gasteiger partial charge in [0.2, 0.25) is 0 Å². The summed E-state index contributed by atoms with van der Waals surface area (Å²) >= 11 is 11.4. The molecule has 0 aliphatic carbocycles. The third-order valence-electron chi connectivity index (χ3n) is 1.82. The summed E-state index contributed by atoms with van der Waals surface area (Å²) in [4.78, 5) is 10.4. The highest BCUT2D eigenvalue weighted by Gasteiger charge is 2.29. The number of aliphatic carboxylic acids is 1. The molecule has 0 unspecified atom stereocenters. The maximum atomic E-state index is 12.1. The molecule has 0 bridgehead atoms. The van der Waals surface area contributed by atoms with Gasteiger partial charge in [0.05, 0.1) is 5.02 Å². The van der Waals surface area contributed by atoms with Crippen LogP contribution >= 0.6 is 23.2 Å². The Morgan fingerprint density at radius 1 is 1.37 bits per heavy atom. The predicted molar refractivity (Wildman–Crippen MR) is 64.7 cm³/mol. The van der Waals surface area contributed by atoms with E-state index < -0.39 is 18.8 Å². The van der Waals surface area contributed by atoms with Gasteiger partial charge in [-0.05, 0) is 18.2 Å². The smallest absolute Gasteiger partial charge is 0.422 e. The van der Waals surface area contributed by atoms with E-state index in [1.54, 1.807) is 0 Å². The van der Waals surface area contributed by atoms with Crippen molar-refractivity contribution in [3.05, 3.63) is 33.8 Å². The lowest BCUT2D eigenvalue weighted by Crippen LogP contribution is -2.19. The summed E-state index contributed by atoms with van der Waals surface area (Å²) in [5.74, 6) is -1.54. The number of carboxylic acid groups (broad SMARTS) is 1. The van der Waals surface area contributed by atoms with Crippen LogP contribution < -0.4 is 4.74 Å². The Bertz CT molecular complexity index is 513. The Kier molecular flexibility index (Phi) is 5.08. The topological polar surface area (TPSA) is 46.5 Å². The van der Waals surface area contributed by atoms with E-state index in [9.17, 15) is 18.0 Å². The normalized spacial score (nSPS) is 11.8. The van der Waals surface area contributed by atoms with Gasteiger partial charge < -0.3 is 9.84 Å². The molecule has 8 heteroatoms. The molecule has 0 atom stereocenters. The number of alkyl halides is 3. The fourth-order valence-corrected chi connectivity index (χ4v) is 1.74. The first-order valence-electron chi connectivity index (χ1n) is 4.78. The Morgan fingerprint density at radius 2 is 2.00 bits per heavy atom. The van der Waals surface area contributed by atoms with Crippen LogP contribution in [0, 0.1) is 0 Å². The van der Waals surface area contributed by atoms with Crippen molar-refractivity contribution < 1.29 is 27.8 Å². The van der Waals surface area contributed by atoms with Crippen molar-refractivity contribution in [1.82, 2.24) is 0 Å². The standard InChI is InChI=1S/C11H7Cl2F3O3/c12-7-3-6(1-2-9(17)18)10(8(13)4-7)19-5-11(14,15)16/h1-4H,5H2,(H,17,18)/b2-1+. The molecule has 0 fully saturated rings. The van der Waals surface area contributed by atoms with Crippen molar-refractivity contribution in [2.24, 2.45) is 0 Å². The molecule has 0 radical (unpaired) electrons. The first-order valence-corrected chi connectivity index (χ1v) is 5.54. The number of carboxylic acids is 1. The first-order chi connectivity index (χ1) is 8.69. The van der Waals surface area contributed by atoms with Gasteiger partial charge in [-0.25, -0.2) is 4.79 Å². The zero-order chi connectivity index (χ0) is 14.6. The maximum absolute atomic E-state index is 12.1. The van der Waals surface area contributed by atoms with Crippen molar-refractivity contribution in [1.29, 1.82) is 0 Å². The minimum absolute atomic E-state index is 0.0455. The largest absolute Gasteiger partial charge is 0.482 e. The molecule has 0 saturated carbocycles. The number of hydrogen-bond donors (Lipinski definition) is 1. The van der Waals surface area contributed by atoms with Gasteiger partial charge in [0, 0.05) is 16.7 Å². The zero-order valence-corrected chi connectivity index (χ0v) is 10.7. The van der Waals surface area contributed by atoms with E-state index in [0.717, 1.165) is 12.2 Å². The molecular formula is C11H7Cl2F3O3. The second-order valence-corrected chi connectivity index (χ2v) is 4.23. The van der Waals surface area contributed by atoms with E-state index in [0.29, 0.717) is 0 Å². The van der Waals surface area contributed by atoms with E-state index in [2.05, 4.69) is 4.74 Å². The maximum Gasteiger partial charge on any atom is 0.422 e. The van der Waals surface area contributed by atoms with Crippen LogP contribution in [-0.4, -0.2) is 23.9 Å². The number of rotatable bonds is 4. The molecule has 1 aromatic carbocycles. The molecule has 0 spiro atoms. The molecule has 0 aliphatic heterocycles. The number of benzene rings is 1. The van der Waals surface area contributed by atoms with Crippen LogP contribution in [0.4, 0.5) is 13.2 Å². The second-order valence-electron chi connectivity index (χ2n) is 3.38. The molecule has 1 N–H and O–H groups in total. The Labute approximate surface area is 116 Å². The molecule has 19 heavy (non-hydrogen) atoms. The van der Waals surface area contributed by atoms with E-state index in [1.807, 2.05) is 0 Å². The van der Waals surface area contributed by atoms with Gasteiger partial charge in [0.1, 0.15) is 5.75 Å². The lowest BCUT2D eigenvalue weighted by atomic mass is 10.2. The number of hydrogen-bond acceptors (Lipinski definition) is 2. The summed E-state index contributed by atoms with van der Waals surface area (Å²) in [5.41, 5.74) is 0.0455. The summed E-state index contributed by atoms with van der Waals surface area (Å²) in [6.45, 7) is -1.54. The SMILES string of the molecule is O=C(O)/C=C/c1cc(Cl)cc(Cl)c1OCC(F)(F)F. The summed E-state index contributed by atoms with van der Waals surface area (Å²) in [5, 5.41) is 8.50. The van der Waals surface area contributed by atoms with Crippen LogP contribution in [0.15, 0.2) is 18.2 Å². The van der Waals surface area contributed by atoms with Gasteiger partial charge in [-0.15, -0.1) is 0 Å². The molecule has 104 valence electrons. The molecule has 0 amide bonds. The third-order valence-corrected chi connectivity index (χ3v) is 2.32. The lowest BCUT2D eigenvalue weighted by molar-refractivity contribution is -0.153. The average molecular weight is 315 g/mol. The molecular weight excluding hydrogens is 308 g/mol. The monoisotopic (exact) mass is 314 g/mol. The quantitative estimate of drug-likeness (QED) is 0.853. The van der Waals surface area contributed by atoms with Crippen LogP contribution in [0.2, 0.25) is 10.0 Å². The third kappa shape index (κ3) is 5.40. The number of carbonyl (C=O) groups is 1. The van der Waals surface area contributed by atoms with E-state index in [1.165, 1.54) is 12.1 Å². The van der Waals surface area contributed by atoms with Gasteiger partial charge in [0.15, 0.2) is 6.61 Å². The molecule has 0 saturated heterocycles. The summed E-state index contributed by atoms with van der Waals surface area (Å²) in [6, 6.07) is 2.45. The van der Waals surface area contributed by atoms with Crippen LogP contribution in [-0.2, 0) is 4.79 Å². The van der Waals surface area contributed by atoms with Crippen LogP contribution in [0.1, 0.15) is 5.56 Å². The van der Waals surface area contributed by atoms with E-state index in [-0.39, 0.29) is 21.4 Å². The summed E-state index contributed by atoms with van der Waals surface area (Å²) in [6.07, 6.45) is -2.75. The minimum Gasteiger partial charge on any atom is -0.482 e. The van der Waals surface area contributed by atoms with Gasteiger partial charge in [-0.2, -0.15) is 13.2 Å². The highest BCUT2D eigenvalue weighted by Crippen LogP contribution is 2.34. The Hall–Kier alpha value is -1.40. The molecule has 0 aliphatic rings. The van der Waals surface area contributed by atoms with Crippen LogP contribution in [0.25, 0.3) is 6.08 Å². The number of halogens is 5. The van der Waals surface area contributed by atoms with Gasteiger partial charge in [-0.1, -0.05) is 23.2 Å². The van der Waals surface area contributed by atoms with Crippen molar-refractivity contribution in [2.75, 3.05) is 6.61 Å². The minimum atomic E-state index is -4.53. The summed E-state index contributed by atoms with van der Waals surface area (Å²) < 4.78 is 40.8. The van der Waals surface area contributed by atoms with E-state index in [4.69, 9.17) is 28.3 Å². The zero-order valence-electron chi connectivity index (χ0n) is 9.17. The summed E-state index contributed by atoms with van der Waals surface area (Å²) in [7, 11) is 0. The van der Waals surface area contributed by atoms with Gasteiger partial charge in [0.25, 0.3) is 0 Å². The average Bonchev–Trinajstić information content (AvgIpc) is 2.23. The van der Waals surface area contributed by atoms with Crippen molar-refractivity contribution in [3.63, 3.8) is 0 Å². The molecule has 3 nitrogen and oxygen atoms in total. The Morgan fingerprint density at radius 3 is 2.53 bits per heavy atom. The molecule has 0 heterocycles. The Balaban J connectivity index is 3.09. The molecule has 0 aromatic heterocycles. The second kappa shape index (κ2) is 6.16. The van der Waals surface area contributed by atoms with Gasteiger partial charge in [-0.3, -0.25) is 0 Å². The van der Waals surface area contributed by atoms with E-state index >= 15 is 0 Å². The molecule has 1 aromatic rings. The van der Waals surface area contributed by atoms with Crippen molar-refractivity contribution in [2.45, 2.75) is 6.18 Å². The fraction of sp³-hybridized carbons (Fsp3) is 0.182. The van der Waals surface area contributed by atoms with Crippen molar-refractivity contribution >= 4 is 35.2 Å². The number of ether oxygens (including phenoxy) is 1. The highest BCUT2D eigenvalue weighted by atomic mass is 35.5. The van der Waals surface area contributed by atoms with Crippen LogP contribution in [0.5, 0.6) is 5.75 Å². The first kappa shape index (κ1) is 15.7. The fourth-order valence-electron chi connectivity index (χ4n) is 1.17. The van der Waals surface area contributed by atoms with Gasteiger partial charge >= 0.3 is 12.1 Å². The highest BCUT2D eigenvalue weighted by molar-refractivity contribution is 6.35.